The van der Waals surface area contributed by atoms with Crippen molar-refractivity contribution in [2.24, 2.45) is 0 Å². The lowest BCUT2D eigenvalue weighted by Gasteiger charge is -2.25. The highest BCUT2D eigenvalue weighted by atomic mass is 32.1. The summed E-state index contributed by atoms with van der Waals surface area (Å²) in [6, 6.07) is 13.0. The van der Waals surface area contributed by atoms with Crippen molar-refractivity contribution in [3.05, 3.63) is 66.1 Å². The van der Waals surface area contributed by atoms with E-state index in [4.69, 9.17) is 0 Å². The lowest BCUT2D eigenvalue weighted by atomic mass is 9.88. The average Bonchev–Trinajstić information content (AvgIpc) is 3.21. The molecule has 3 aromatic heterocycles. The fourth-order valence-electron chi connectivity index (χ4n) is 3.46. The van der Waals surface area contributed by atoms with Crippen molar-refractivity contribution in [1.29, 1.82) is 0 Å². The molecule has 5 rings (SSSR count). The molecular formula is C19H17N5S. The van der Waals surface area contributed by atoms with Crippen LogP contribution >= 0.6 is 11.3 Å². The minimum absolute atomic E-state index is 0.332. The molecule has 0 amide bonds. The van der Waals surface area contributed by atoms with E-state index >= 15 is 0 Å². The summed E-state index contributed by atoms with van der Waals surface area (Å²) in [5, 5.41) is 9.19. The van der Waals surface area contributed by atoms with E-state index in [0.717, 1.165) is 27.8 Å². The first-order valence-electron chi connectivity index (χ1n) is 8.48. The van der Waals surface area contributed by atoms with Crippen molar-refractivity contribution >= 4 is 21.4 Å². The molecule has 1 aliphatic rings. The molecule has 1 unspecified atom stereocenters. The second-order valence-corrected chi connectivity index (χ2v) is 7.25. The van der Waals surface area contributed by atoms with E-state index in [1.807, 2.05) is 29.0 Å². The number of imidazole rings is 1. The van der Waals surface area contributed by atoms with E-state index in [1.54, 1.807) is 17.5 Å². The molecule has 0 saturated carbocycles. The monoisotopic (exact) mass is 347 g/mol. The van der Waals surface area contributed by atoms with Gasteiger partial charge in [-0.25, -0.2) is 9.50 Å². The van der Waals surface area contributed by atoms with Gasteiger partial charge in [-0.15, -0.1) is 5.10 Å². The molecule has 0 saturated heterocycles. The Hall–Kier alpha value is -2.73. The van der Waals surface area contributed by atoms with E-state index in [2.05, 4.69) is 44.6 Å². The number of anilines is 1. The minimum Gasteiger partial charge on any atom is -0.353 e. The van der Waals surface area contributed by atoms with Crippen LogP contribution in [-0.4, -0.2) is 19.6 Å². The Morgan fingerprint density at radius 1 is 1.16 bits per heavy atom. The highest BCUT2D eigenvalue weighted by Gasteiger charge is 2.21. The standard InChI is InChI=1S/C19H17N5S/c1-2-8-15-13(5-1)6-3-9-16(15)21-18-23-24-12-17(22-19(24)25-18)14-7-4-10-20-11-14/h1-2,4-5,7-8,10-12,16H,3,6,9H2,(H,21,23). The van der Waals surface area contributed by atoms with Crippen LogP contribution in [0, 0.1) is 0 Å². The molecule has 6 heteroatoms. The zero-order chi connectivity index (χ0) is 16.6. The van der Waals surface area contributed by atoms with Gasteiger partial charge in [-0.2, -0.15) is 0 Å². The highest BCUT2D eigenvalue weighted by Crippen LogP contribution is 2.34. The predicted molar refractivity (Wildman–Crippen MR) is 99.8 cm³/mol. The summed E-state index contributed by atoms with van der Waals surface area (Å²) < 4.78 is 1.85. The Balaban J connectivity index is 1.42. The maximum atomic E-state index is 4.68. The molecule has 1 aromatic carbocycles. The molecule has 0 radical (unpaired) electrons. The van der Waals surface area contributed by atoms with Gasteiger partial charge < -0.3 is 5.32 Å². The van der Waals surface area contributed by atoms with Gasteiger partial charge in [-0.3, -0.25) is 4.98 Å². The lowest BCUT2D eigenvalue weighted by molar-refractivity contribution is 0.599. The third-order valence-corrected chi connectivity index (χ3v) is 5.52. The minimum atomic E-state index is 0.332. The van der Waals surface area contributed by atoms with Gasteiger partial charge >= 0.3 is 0 Å². The number of hydrogen-bond donors (Lipinski definition) is 1. The summed E-state index contributed by atoms with van der Waals surface area (Å²) in [4.78, 5) is 9.73. The molecule has 5 nitrogen and oxygen atoms in total. The van der Waals surface area contributed by atoms with Gasteiger partial charge in [0.05, 0.1) is 17.9 Å². The van der Waals surface area contributed by atoms with Gasteiger partial charge in [0.25, 0.3) is 0 Å². The highest BCUT2D eigenvalue weighted by molar-refractivity contribution is 7.20. The van der Waals surface area contributed by atoms with E-state index < -0.39 is 0 Å². The number of pyridine rings is 1. The zero-order valence-corrected chi connectivity index (χ0v) is 14.4. The van der Waals surface area contributed by atoms with E-state index in [-0.39, 0.29) is 0 Å². The van der Waals surface area contributed by atoms with Crippen LogP contribution in [0.5, 0.6) is 0 Å². The molecule has 0 fully saturated rings. The van der Waals surface area contributed by atoms with Gasteiger partial charge in [0.1, 0.15) is 0 Å². The van der Waals surface area contributed by atoms with Crippen LogP contribution in [0.4, 0.5) is 5.13 Å². The van der Waals surface area contributed by atoms with Crippen LogP contribution < -0.4 is 5.32 Å². The second-order valence-electron chi connectivity index (χ2n) is 6.29. The summed E-state index contributed by atoms with van der Waals surface area (Å²) >= 11 is 1.59. The van der Waals surface area contributed by atoms with Crippen molar-refractivity contribution < 1.29 is 0 Å². The molecule has 1 atom stereocenters. The van der Waals surface area contributed by atoms with Crippen molar-refractivity contribution in [2.75, 3.05) is 5.32 Å². The number of nitrogens with zero attached hydrogens (tertiary/aromatic N) is 4. The Morgan fingerprint density at radius 2 is 2.12 bits per heavy atom. The molecule has 25 heavy (non-hydrogen) atoms. The topological polar surface area (TPSA) is 55.1 Å². The lowest BCUT2D eigenvalue weighted by Crippen LogP contribution is -2.17. The van der Waals surface area contributed by atoms with Crippen molar-refractivity contribution in [3.8, 4) is 11.3 Å². The van der Waals surface area contributed by atoms with Gasteiger partial charge in [0.15, 0.2) is 0 Å². The van der Waals surface area contributed by atoms with Crippen molar-refractivity contribution in [2.45, 2.75) is 25.3 Å². The number of fused-ring (bicyclic) bond motifs is 2. The number of rotatable bonds is 3. The summed E-state index contributed by atoms with van der Waals surface area (Å²) in [6.45, 7) is 0. The molecule has 1 N–H and O–H groups in total. The number of aromatic nitrogens is 4. The average molecular weight is 347 g/mol. The first-order valence-corrected chi connectivity index (χ1v) is 9.29. The largest absolute Gasteiger partial charge is 0.353 e. The quantitative estimate of drug-likeness (QED) is 0.599. The third kappa shape index (κ3) is 2.68. The molecule has 4 aromatic rings. The molecular weight excluding hydrogens is 330 g/mol. The zero-order valence-electron chi connectivity index (χ0n) is 13.6. The van der Waals surface area contributed by atoms with Gasteiger partial charge in [-0.1, -0.05) is 35.6 Å². The van der Waals surface area contributed by atoms with Crippen LogP contribution in [0.25, 0.3) is 16.2 Å². The Bertz CT molecular complexity index is 989. The normalized spacial score (nSPS) is 16.7. The SMILES string of the molecule is c1cncc(-c2cn3nc(NC4CCCc5ccccc54)sc3n2)c1. The van der Waals surface area contributed by atoms with Crippen LogP contribution in [0.3, 0.4) is 0 Å². The van der Waals surface area contributed by atoms with Gasteiger partial charge in [0.2, 0.25) is 10.1 Å². The van der Waals surface area contributed by atoms with Crippen molar-refractivity contribution in [1.82, 2.24) is 19.6 Å². The molecule has 0 aliphatic heterocycles. The second kappa shape index (κ2) is 5.97. The Labute approximate surface area is 149 Å². The van der Waals surface area contributed by atoms with Gasteiger partial charge in [-0.05, 0) is 42.5 Å². The maximum Gasteiger partial charge on any atom is 0.214 e. The first kappa shape index (κ1) is 14.6. The van der Waals surface area contributed by atoms with Crippen LogP contribution in [0.1, 0.15) is 30.0 Å². The smallest absolute Gasteiger partial charge is 0.214 e. The van der Waals surface area contributed by atoms with Crippen LogP contribution in [0.15, 0.2) is 55.0 Å². The van der Waals surface area contributed by atoms with Crippen molar-refractivity contribution in [3.63, 3.8) is 0 Å². The summed E-state index contributed by atoms with van der Waals surface area (Å²) in [5.41, 5.74) is 4.77. The van der Waals surface area contributed by atoms with E-state index in [1.165, 1.54) is 24.0 Å². The maximum absolute atomic E-state index is 4.68. The first-order chi connectivity index (χ1) is 12.4. The summed E-state index contributed by atoms with van der Waals surface area (Å²) in [5.74, 6) is 0. The molecule has 1 aliphatic carbocycles. The molecule has 124 valence electrons. The van der Waals surface area contributed by atoms with Crippen LogP contribution in [0.2, 0.25) is 0 Å². The number of hydrogen-bond acceptors (Lipinski definition) is 5. The molecule has 3 heterocycles. The number of aryl methyl sites for hydroxylation is 1. The fourth-order valence-corrected chi connectivity index (χ4v) is 4.30. The van der Waals surface area contributed by atoms with E-state index in [0.29, 0.717) is 6.04 Å². The van der Waals surface area contributed by atoms with E-state index in [9.17, 15) is 0 Å². The van der Waals surface area contributed by atoms with Crippen LogP contribution in [-0.2, 0) is 6.42 Å². The number of nitrogens with one attached hydrogen (secondary N) is 1. The Morgan fingerprint density at radius 3 is 3.00 bits per heavy atom. The fraction of sp³-hybridized carbons (Fsp3) is 0.211. The molecule has 0 bridgehead atoms. The number of benzene rings is 1. The third-order valence-electron chi connectivity index (χ3n) is 4.67. The summed E-state index contributed by atoms with van der Waals surface area (Å²) in [7, 11) is 0. The summed E-state index contributed by atoms with van der Waals surface area (Å²) in [6.07, 6.45) is 9.07. The molecule has 0 spiro atoms. The van der Waals surface area contributed by atoms with Gasteiger partial charge in [0, 0.05) is 18.0 Å². The predicted octanol–water partition coefficient (Wildman–Crippen LogP) is 4.34. The Kier molecular flexibility index (Phi) is 3.48.